The van der Waals surface area contributed by atoms with Gasteiger partial charge in [-0.3, -0.25) is 9.97 Å². The summed E-state index contributed by atoms with van der Waals surface area (Å²) in [7, 11) is 0. The minimum absolute atomic E-state index is 1.00. The number of nitrogens with zero attached hydrogens (tertiary/aromatic N) is 2. The predicted octanol–water partition coefficient (Wildman–Crippen LogP) is 7.27. The molecule has 0 unspecified atom stereocenters. The standard InChI is InChI=1S/C28H18N2/c1-2-9-20(10-3-1)26-22-12-6-7-13-23(22)27(25-18-29-16-15-24(25)26)28-21-11-5-4-8-19(21)14-17-30-28/h1-18H. The predicted molar refractivity (Wildman–Crippen MR) is 125 cm³/mol. The maximum atomic E-state index is 4.85. The molecule has 0 N–H and O–H groups in total. The number of benzene rings is 4. The molecule has 0 radical (unpaired) electrons. The number of hydrogen-bond acceptors (Lipinski definition) is 2. The van der Waals surface area contributed by atoms with Gasteiger partial charge in [-0.25, -0.2) is 0 Å². The molecule has 2 aromatic heterocycles. The van der Waals surface area contributed by atoms with Gasteiger partial charge < -0.3 is 0 Å². The van der Waals surface area contributed by atoms with Crippen molar-refractivity contribution in [3.05, 3.63) is 110 Å². The van der Waals surface area contributed by atoms with E-state index in [0.29, 0.717) is 0 Å². The molecule has 0 aliphatic carbocycles. The van der Waals surface area contributed by atoms with E-state index in [2.05, 4.69) is 96.0 Å². The first-order valence-electron chi connectivity index (χ1n) is 10.1. The molecule has 2 heterocycles. The third-order valence-electron chi connectivity index (χ3n) is 5.80. The molecule has 0 aliphatic rings. The number of rotatable bonds is 2. The zero-order valence-corrected chi connectivity index (χ0v) is 16.3. The Morgan fingerprint density at radius 3 is 1.97 bits per heavy atom. The van der Waals surface area contributed by atoms with E-state index in [1.807, 2.05) is 18.6 Å². The van der Waals surface area contributed by atoms with Gasteiger partial charge in [0.1, 0.15) is 0 Å². The van der Waals surface area contributed by atoms with E-state index in [4.69, 9.17) is 4.98 Å². The van der Waals surface area contributed by atoms with Crippen LogP contribution in [0.25, 0.3) is 54.7 Å². The van der Waals surface area contributed by atoms with Crippen LogP contribution < -0.4 is 0 Å². The lowest BCUT2D eigenvalue weighted by molar-refractivity contribution is 1.35. The summed E-state index contributed by atoms with van der Waals surface area (Å²) in [6.45, 7) is 0. The Balaban J connectivity index is 1.85. The second-order valence-corrected chi connectivity index (χ2v) is 7.46. The number of fused-ring (bicyclic) bond motifs is 3. The smallest absolute Gasteiger partial charge is 0.0793 e. The van der Waals surface area contributed by atoms with Crippen LogP contribution in [0, 0.1) is 0 Å². The van der Waals surface area contributed by atoms with Gasteiger partial charge >= 0.3 is 0 Å². The van der Waals surface area contributed by atoms with Gasteiger partial charge in [-0.1, -0.05) is 78.9 Å². The van der Waals surface area contributed by atoms with E-state index < -0.39 is 0 Å². The second kappa shape index (κ2) is 6.78. The third-order valence-corrected chi connectivity index (χ3v) is 5.80. The summed E-state index contributed by atoms with van der Waals surface area (Å²) in [5.41, 5.74) is 4.60. The van der Waals surface area contributed by atoms with Gasteiger partial charge in [0.25, 0.3) is 0 Å². The Labute approximate surface area is 174 Å². The first-order chi connectivity index (χ1) is 14.9. The van der Waals surface area contributed by atoms with Crippen LogP contribution in [0.2, 0.25) is 0 Å². The van der Waals surface area contributed by atoms with Crippen molar-refractivity contribution in [3.63, 3.8) is 0 Å². The lowest BCUT2D eigenvalue weighted by Crippen LogP contribution is -1.93. The van der Waals surface area contributed by atoms with Crippen molar-refractivity contribution in [2.24, 2.45) is 0 Å². The molecule has 140 valence electrons. The maximum absolute atomic E-state index is 4.85. The molecule has 2 nitrogen and oxygen atoms in total. The first-order valence-corrected chi connectivity index (χ1v) is 10.1. The van der Waals surface area contributed by atoms with Gasteiger partial charge in [0.05, 0.1) is 5.69 Å². The van der Waals surface area contributed by atoms with Crippen molar-refractivity contribution in [2.75, 3.05) is 0 Å². The highest BCUT2D eigenvalue weighted by molar-refractivity contribution is 6.22. The van der Waals surface area contributed by atoms with Crippen LogP contribution in [0.1, 0.15) is 0 Å². The molecule has 0 aliphatic heterocycles. The Morgan fingerprint density at radius 2 is 1.13 bits per heavy atom. The number of pyridine rings is 2. The summed E-state index contributed by atoms with van der Waals surface area (Å²) < 4.78 is 0. The molecule has 30 heavy (non-hydrogen) atoms. The molecular formula is C28H18N2. The molecule has 2 heteroatoms. The zero-order valence-electron chi connectivity index (χ0n) is 16.3. The molecule has 0 saturated heterocycles. The van der Waals surface area contributed by atoms with Gasteiger partial charge in [0.2, 0.25) is 0 Å². The Hall–Kier alpha value is -4.04. The van der Waals surface area contributed by atoms with Crippen LogP contribution >= 0.6 is 0 Å². The maximum Gasteiger partial charge on any atom is 0.0793 e. The largest absolute Gasteiger partial charge is 0.264 e. The fourth-order valence-electron chi connectivity index (χ4n) is 4.51. The van der Waals surface area contributed by atoms with E-state index in [1.54, 1.807) is 0 Å². The summed E-state index contributed by atoms with van der Waals surface area (Å²) >= 11 is 0. The average Bonchev–Trinajstić information content (AvgIpc) is 2.83. The fourth-order valence-corrected chi connectivity index (χ4v) is 4.51. The van der Waals surface area contributed by atoms with Crippen LogP contribution in [-0.2, 0) is 0 Å². The Bertz CT molecular complexity index is 1470. The third kappa shape index (κ3) is 2.51. The molecule has 0 saturated carbocycles. The summed E-state index contributed by atoms with van der Waals surface area (Å²) in [6, 6.07) is 31.9. The Morgan fingerprint density at radius 1 is 0.467 bits per heavy atom. The number of aromatic nitrogens is 2. The normalized spacial score (nSPS) is 11.3. The van der Waals surface area contributed by atoms with Gasteiger partial charge in [-0.2, -0.15) is 0 Å². The van der Waals surface area contributed by atoms with Crippen molar-refractivity contribution in [1.82, 2.24) is 9.97 Å². The average molecular weight is 382 g/mol. The second-order valence-electron chi connectivity index (χ2n) is 7.46. The zero-order chi connectivity index (χ0) is 19.9. The number of hydrogen-bond donors (Lipinski definition) is 0. The van der Waals surface area contributed by atoms with Crippen molar-refractivity contribution in [3.8, 4) is 22.4 Å². The van der Waals surface area contributed by atoms with Crippen molar-refractivity contribution in [1.29, 1.82) is 0 Å². The molecule has 0 fully saturated rings. The van der Waals surface area contributed by atoms with Crippen LogP contribution in [0.15, 0.2) is 110 Å². The van der Waals surface area contributed by atoms with Crippen LogP contribution in [0.5, 0.6) is 0 Å². The molecule has 4 aromatic carbocycles. The fraction of sp³-hybridized carbons (Fsp3) is 0. The van der Waals surface area contributed by atoms with Crippen LogP contribution in [-0.4, -0.2) is 9.97 Å². The van der Waals surface area contributed by atoms with Crippen LogP contribution in [0.4, 0.5) is 0 Å². The molecule has 0 spiro atoms. The lowest BCUT2D eigenvalue weighted by Gasteiger charge is -2.17. The Kier molecular flexibility index (Phi) is 3.82. The van der Waals surface area contributed by atoms with E-state index in [-0.39, 0.29) is 0 Å². The van der Waals surface area contributed by atoms with Gasteiger partial charge in [0, 0.05) is 34.9 Å². The molecule has 6 rings (SSSR count). The van der Waals surface area contributed by atoms with E-state index in [1.165, 1.54) is 32.7 Å². The SMILES string of the molecule is c1ccc(-c2c3ccccc3c(-c3nccc4ccccc34)c3cnccc23)cc1. The summed E-state index contributed by atoms with van der Waals surface area (Å²) in [5.74, 6) is 0. The molecule has 0 bridgehead atoms. The molecule has 0 amide bonds. The summed E-state index contributed by atoms with van der Waals surface area (Å²) in [6.07, 6.45) is 5.76. The van der Waals surface area contributed by atoms with Crippen LogP contribution in [0.3, 0.4) is 0 Å². The van der Waals surface area contributed by atoms with E-state index in [0.717, 1.165) is 22.0 Å². The summed E-state index contributed by atoms with van der Waals surface area (Å²) in [4.78, 5) is 9.34. The topological polar surface area (TPSA) is 25.8 Å². The van der Waals surface area contributed by atoms with Crippen molar-refractivity contribution < 1.29 is 0 Å². The van der Waals surface area contributed by atoms with Gasteiger partial charge in [-0.05, 0) is 44.8 Å². The lowest BCUT2D eigenvalue weighted by atomic mass is 9.87. The quantitative estimate of drug-likeness (QED) is 0.294. The highest BCUT2D eigenvalue weighted by Gasteiger charge is 2.18. The van der Waals surface area contributed by atoms with Gasteiger partial charge in [0.15, 0.2) is 0 Å². The summed E-state index contributed by atoms with van der Waals surface area (Å²) in [5, 5.41) is 7.09. The molecular weight excluding hydrogens is 364 g/mol. The molecule has 6 aromatic rings. The first kappa shape index (κ1) is 16.9. The van der Waals surface area contributed by atoms with E-state index in [9.17, 15) is 0 Å². The minimum Gasteiger partial charge on any atom is -0.264 e. The monoisotopic (exact) mass is 382 g/mol. The van der Waals surface area contributed by atoms with Crippen molar-refractivity contribution in [2.45, 2.75) is 0 Å². The van der Waals surface area contributed by atoms with E-state index >= 15 is 0 Å². The highest BCUT2D eigenvalue weighted by atomic mass is 14.7. The highest BCUT2D eigenvalue weighted by Crippen LogP contribution is 2.43. The van der Waals surface area contributed by atoms with Gasteiger partial charge in [-0.15, -0.1) is 0 Å². The molecule has 0 atom stereocenters. The minimum atomic E-state index is 1.00. The van der Waals surface area contributed by atoms with Crippen molar-refractivity contribution >= 4 is 32.3 Å².